The van der Waals surface area contributed by atoms with Crippen LogP contribution in [0.1, 0.15) is 19.3 Å². The van der Waals surface area contributed by atoms with Crippen LogP contribution >= 0.6 is 0 Å². The molecule has 2 fully saturated rings. The molecule has 2 aromatic rings. The molecule has 2 saturated heterocycles. The highest BCUT2D eigenvalue weighted by Gasteiger charge is 2.42. The second-order valence-corrected chi connectivity index (χ2v) is 7.48. The zero-order valence-corrected chi connectivity index (χ0v) is 16.4. The fourth-order valence-corrected chi connectivity index (χ4v) is 3.98. The summed E-state index contributed by atoms with van der Waals surface area (Å²) in [5, 5.41) is 0. The summed E-state index contributed by atoms with van der Waals surface area (Å²) in [6, 6.07) is 18.3. The van der Waals surface area contributed by atoms with E-state index in [9.17, 15) is 9.59 Å². The van der Waals surface area contributed by atoms with Crippen molar-refractivity contribution in [3.63, 3.8) is 0 Å². The minimum atomic E-state index is -0.492. The standard InChI is InChI=1S/C23H26N2O4/c26-22(17-28-18-9-3-1-4-10-18)25-16-20(29-19-11-5-2-6-12-19)15-21(25)23(27)24-13-7-8-14-24/h1-6,9-12,20-21H,7-8,13-17H2/t20-,21-/m0/s1. The molecule has 0 N–H and O–H groups in total. The topological polar surface area (TPSA) is 59.1 Å². The first-order chi connectivity index (χ1) is 14.2. The molecule has 0 radical (unpaired) electrons. The van der Waals surface area contributed by atoms with E-state index >= 15 is 0 Å². The molecule has 0 unspecified atom stereocenters. The van der Waals surface area contributed by atoms with Crippen LogP contribution in [0.15, 0.2) is 60.7 Å². The Labute approximate surface area is 171 Å². The first kappa shape index (κ1) is 19.3. The quantitative estimate of drug-likeness (QED) is 0.756. The van der Waals surface area contributed by atoms with E-state index in [1.807, 2.05) is 65.6 Å². The molecule has 2 atom stereocenters. The van der Waals surface area contributed by atoms with Gasteiger partial charge in [0.1, 0.15) is 23.6 Å². The van der Waals surface area contributed by atoms with Gasteiger partial charge in [-0.05, 0) is 37.1 Å². The molecule has 2 heterocycles. The summed E-state index contributed by atoms with van der Waals surface area (Å²) >= 11 is 0. The number of amides is 2. The van der Waals surface area contributed by atoms with Gasteiger partial charge in [-0.1, -0.05) is 36.4 Å². The van der Waals surface area contributed by atoms with Gasteiger partial charge in [0.25, 0.3) is 5.91 Å². The lowest BCUT2D eigenvalue weighted by Gasteiger charge is -2.27. The second-order valence-electron chi connectivity index (χ2n) is 7.48. The molecule has 6 heteroatoms. The minimum absolute atomic E-state index is 0.0229. The molecule has 0 aromatic heterocycles. The third-order valence-corrected chi connectivity index (χ3v) is 5.44. The van der Waals surface area contributed by atoms with Gasteiger partial charge in [-0.15, -0.1) is 0 Å². The normalized spacial score (nSPS) is 21.2. The van der Waals surface area contributed by atoms with Crippen molar-refractivity contribution in [2.75, 3.05) is 26.2 Å². The molecule has 0 bridgehead atoms. The molecular formula is C23H26N2O4. The van der Waals surface area contributed by atoms with E-state index in [1.165, 1.54) is 0 Å². The fourth-order valence-electron chi connectivity index (χ4n) is 3.98. The van der Waals surface area contributed by atoms with Crippen molar-refractivity contribution < 1.29 is 19.1 Å². The van der Waals surface area contributed by atoms with Crippen LogP contribution in [-0.2, 0) is 9.59 Å². The van der Waals surface area contributed by atoms with E-state index in [0.29, 0.717) is 18.7 Å². The molecule has 2 amide bonds. The predicted octanol–water partition coefficient (Wildman–Crippen LogP) is 2.74. The van der Waals surface area contributed by atoms with Gasteiger partial charge in [0.05, 0.1) is 6.54 Å². The molecule has 4 rings (SSSR count). The van der Waals surface area contributed by atoms with E-state index in [1.54, 1.807) is 4.90 Å². The zero-order chi connectivity index (χ0) is 20.1. The van der Waals surface area contributed by atoms with Crippen LogP contribution in [0, 0.1) is 0 Å². The number of para-hydroxylation sites is 2. The second kappa shape index (κ2) is 8.99. The Kier molecular flexibility index (Phi) is 5.98. The molecule has 2 aliphatic heterocycles. The van der Waals surface area contributed by atoms with Crippen LogP contribution in [0.25, 0.3) is 0 Å². The molecule has 2 aromatic carbocycles. The molecule has 2 aliphatic rings. The smallest absolute Gasteiger partial charge is 0.261 e. The first-order valence-electron chi connectivity index (χ1n) is 10.2. The van der Waals surface area contributed by atoms with Crippen LogP contribution in [0.4, 0.5) is 0 Å². The van der Waals surface area contributed by atoms with Crippen molar-refractivity contribution in [1.29, 1.82) is 0 Å². The maximum Gasteiger partial charge on any atom is 0.261 e. The van der Waals surface area contributed by atoms with Gasteiger partial charge < -0.3 is 19.3 Å². The van der Waals surface area contributed by atoms with Crippen molar-refractivity contribution >= 4 is 11.8 Å². The molecule has 0 saturated carbocycles. The Balaban J connectivity index is 1.44. The third kappa shape index (κ3) is 4.70. The summed E-state index contributed by atoms with van der Waals surface area (Å²) < 4.78 is 11.7. The van der Waals surface area contributed by atoms with Crippen molar-refractivity contribution in [2.45, 2.75) is 31.4 Å². The molecule has 152 valence electrons. The Morgan fingerprint density at radius 3 is 2.17 bits per heavy atom. The average Bonchev–Trinajstić information content (AvgIpc) is 3.43. The molecular weight excluding hydrogens is 368 g/mol. The number of ether oxygens (including phenoxy) is 2. The lowest BCUT2D eigenvalue weighted by atomic mass is 10.1. The van der Waals surface area contributed by atoms with Crippen LogP contribution in [0.3, 0.4) is 0 Å². The van der Waals surface area contributed by atoms with Crippen LogP contribution in [-0.4, -0.2) is 60.0 Å². The van der Waals surface area contributed by atoms with Crippen molar-refractivity contribution in [1.82, 2.24) is 9.80 Å². The average molecular weight is 394 g/mol. The maximum absolute atomic E-state index is 13.1. The largest absolute Gasteiger partial charge is 0.488 e. The molecule has 29 heavy (non-hydrogen) atoms. The Morgan fingerprint density at radius 2 is 1.52 bits per heavy atom. The summed E-state index contributed by atoms with van der Waals surface area (Å²) in [5.74, 6) is 1.22. The fraction of sp³-hybridized carbons (Fsp3) is 0.391. The van der Waals surface area contributed by atoms with Gasteiger partial charge in [0.15, 0.2) is 6.61 Å². The van der Waals surface area contributed by atoms with E-state index in [2.05, 4.69) is 0 Å². The monoisotopic (exact) mass is 394 g/mol. The number of likely N-dealkylation sites (tertiary alicyclic amines) is 2. The van der Waals surface area contributed by atoms with Crippen LogP contribution < -0.4 is 9.47 Å². The third-order valence-electron chi connectivity index (χ3n) is 5.44. The van der Waals surface area contributed by atoms with Gasteiger partial charge in [-0.25, -0.2) is 0 Å². The highest BCUT2D eigenvalue weighted by Crippen LogP contribution is 2.26. The summed E-state index contributed by atoms with van der Waals surface area (Å²) in [6.45, 7) is 1.83. The summed E-state index contributed by atoms with van der Waals surface area (Å²) in [5.41, 5.74) is 0. The summed E-state index contributed by atoms with van der Waals surface area (Å²) in [6.07, 6.45) is 2.33. The van der Waals surface area contributed by atoms with Crippen molar-refractivity contribution in [3.8, 4) is 11.5 Å². The lowest BCUT2D eigenvalue weighted by molar-refractivity contribution is -0.144. The molecule has 0 aliphatic carbocycles. The highest BCUT2D eigenvalue weighted by atomic mass is 16.5. The predicted molar refractivity (Wildman–Crippen MR) is 109 cm³/mol. The number of rotatable bonds is 6. The Hall–Kier alpha value is -3.02. The van der Waals surface area contributed by atoms with E-state index in [4.69, 9.17) is 9.47 Å². The van der Waals surface area contributed by atoms with Gasteiger partial charge in [-0.2, -0.15) is 0 Å². The van der Waals surface area contributed by atoms with E-state index in [0.717, 1.165) is 31.7 Å². The van der Waals surface area contributed by atoms with Gasteiger partial charge in [0.2, 0.25) is 5.91 Å². The number of hydrogen-bond acceptors (Lipinski definition) is 4. The number of nitrogens with zero attached hydrogens (tertiary/aromatic N) is 2. The first-order valence-corrected chi connectivity index (χ1v) is 10.2. The summed E-state index contributed by atoms with van der Waals surface area (Å²) in [4.78, 5) is 29.5. The SMILES string of the molecule is O=C([C@@H]1C[C@H](Oc2ccccc2)CN1C(=O)COc1ccccc1)N1CCCC1. The zero-order valence-electron chi connectivity index (χ0n) is 16.4. The van der Waals surface area contributed by atoms with Gasteiger partial charge in [0, 0.05) is 19.5 Å². The number of carbonyl (C=O) groups is 2. The van der Waals surface area contributed by atoms with Gasteiger partial charge in [-0.3, -0.25) is 9.59 Å². The van der Waals surface area contributed by atoms with Crippen molar-refractivity contribution in [2.24, 2.45) is 0 Å². The lowest BCUT2D eigenvalue weighted by Crippen LogP contribution is -2.48. The number of benzene rings is 2. The van der Waals surface area contributed by atoms with Crippen LogP contribution in [0.2, 0.25) is 0 Å². The minimum Gasteiger partial charge on any atom is -0.488 e. The van der Waals surface area contributed by atoms with E-state index < -0.39 is 6.04 Å². The van der Waals surface area contributed by atoms with Crippen LogP contribution in [0.5, 0.6) is 11.5 Å². The number of carbonyl (C=O) groups excluding carboxylic acids is 2. The van der Waals surface area contributed by atoms with Crippen molar-refractivity contribution in [3.05, 3.63) is 60.7 Å². The Bertz CT molecular complexity index is 821. The maximum atomic E-state index is 13.1. The molecule has 0 spiro atoms. The Morgan fingerprint density at radius 1 is 0.897 bits per heavy atom. The van der Waals surface area contributed by atoms with E-state index in [-0.39, 0.29) is 24.5 Å². The highest BCUT2D eigenvalue weighted by molar-refractivity contribution is 5.89. The number of hydrogen-bond donors (Lipinski definition) is 0. The summed E-state index contributed by atoms with van der Waals surface area (Å²) in [7, 11) is 0. The molecule has 6 nitrogen and oxygen atoms in total. The van der Waals surface area contributed by atoms with Gasteiger partial charge >= 0.3 is 0 Å².